The van der Waals surface area contributed by atoms with Gasteiger partial charge in [-0.1, -0.05) is 61.5 Å². The number of rotatable bonds is 4. The molecule has 0 radical (unpaired) electrons. The Balaban J connectivity index is 1.63. The Morgan fingerprint density at radius 2 is 1.86 bits per heavy atom. The number of hydrogen-bond acceptors (Lipinski definition) is 1. The largest absolute Gasteiger partial charge is 0.349 e. The molecule has 0 fully saturated rings. The molecule has 0 saturated heterocycles. The Bertz CT molecular complexity index is 635. The van der Waals surface area contributed by atoms with E-state index in [9.17, 15) is 4.79 Å². The average Bonchev–Trinajstić information content (AvgIpc) is 2.56. The van der Waals surface area contributed by atoms with E-state index in [0.717, 1.165) is 19.3 Å². The van der Waals surface area contributed by atoms with Gasteiger partial charge in [-0.05, 0) is 41.9 Å². The zero-order chi connectivity index (χ0) is 15.4. The summed E-state index contributed by atoms with van der Waals surface area (Å²) in [6.07, 6.45) is 3.87. The molecule has 1 N–H and O–H groups in total. The molecule has 0 saturated carbocycles. The van der Waals surface area contributed by atoms with Gasteiger partial charge < -0.3 is 5.32 Å². The predicted molar refractivity (Wildman–Crippen MR) is 89.7 cm³/mol. The van der Waals surface area contributed by atoms with Crippen molar-refractivity contribution >= 4 is 5.91 Å². The third-order valence-corrected chi connectivity index (χ3v) is 4.56. The van der Waals surface area contributed by atoms with Crippen molar-refractivity contribution in [3.8, 4) is 0 Å². The Hall–Kier alpha value is -2.09. The van der Waals surface area contributed by atoms with Crippen molar-refractivity contribution in [2.45, 2.75) is 44.6 Å². The van der Waals surface area contributed by atoms with Crippen molar-refractivity contribution in [2.24, 2.45) is 0 Å². The van der Waals surface area contributed by atoms with Crippen LogP contribution in [0.4, 0.5) is 0 Å². The van der Waals surface area contributed by atoms with Gasteiger partial charge in [-0.2, -0.15) is 0 Å². The molecule has 0 spiro atoms. The smallest absolute Gasteiger partial charge is 0.221 e. The van der Waals surface area contributed by atoms with E-state index in [2.05, 4.69) is 48.6 Å². The maximum atomic E-state index is 12.4. The highest BCUT2D eigenvalue weighted by molar-refractivity contribution is 5.77. The maximum absolute atomic E-state index is 12.4. The fourth-order valence-electron chi connectivity index (χ4n) is 3.33. The van der Waals surface area contributed by atoms with Crippen molar-refractivity contribution in [2.75, 3.05) is 0 Å². The fourth-order valence-corrected chi connectivity index (χ4v) is 3.33. The summed E-state index contributed by atoms with van der Waals surface area (Å²) in [4.78, 5) is 12.4. The summed E-state index contributed by atoms with van der Waals surface area (Å²) in [5.41, 5.74) is 3.91. The van der Waals surface area contributed by atoms with E-state index in [1.807, 2.05) is 18.2 Å². The van der Waals surface area contributed by atoms with E-state index in [0.29, 0.717) is 6.42 Å². The summed E-state index contributed by atoms with van der Waals surface area (Å²) in [6, 6.07) is 18.9. The molecule has 1 amide bonds. The first-order valence-electron chi connectivity index (χ1n) is 8.16. The van der Waals surface area contributed by atoms with Gasteiger partial charge in [0.15, 0.2) is 0 Å². The van der Waals surface area contributed by atoms with Crippen molar-refractivity contribution in [3.05, 3.63) is 71.3 Å². The van der Waals surface area contributed by atoms with Crippen LogP contribution in [-0.4, -0.2) is 5.91 Å². The van der Waals surface area contributed by atoms with E-state index in [4.69, 9.17) is 0 Å². The normalized spacial score (nSPS) is 18.3. The third-order valence-electron chi connectivity index (χ3n) is 4.56. The molecule has 2 nitrogen and oxygen atoms in total. The van der Waals surface area contributed by atoms with Crippen molar-refractivity contribution in [1.82, 2.24) is 5.32 Å². The molecule has 2 atom stereocenters. The molecular weight excluding hydrogens is 270 g/mol. The van der Waals surface area contributed by atoms with Crippen LogP contribution < -0.4 is 5.32 Å². The molecule has 1 aliphatic carbocycles. The molecule has 0 aromatic heterocycles. The summed E-state index contributed by atoms with van der Waals surface area (Å²) in [7, 11) is 0. The number of carbonyl (C=O) groups is 1. The van der Waals surface area contributed by atoms with Gasteiger partial charge in [-0.25, -0.2) is 0 Å². The number of hydrogen-bond donors (Lipinski definition) is 1. The van der Waals surface area contributed by atoms with Crippen molar-refractivity contribution < 1.29 is 4.79 Å². The molecule has 0 bridgehead atoms. The molecule has 22 heavy (non-hydrogen) atoms. The van der Waals surface area contributed by atoms with Crippen LogP contribution in [0.1, 0.15) is 54.8 Å². The van der Waals surface area contributed by atoms with Crippen LogP contribution in [0.15, 0.2) is 54.6 Å². The zero-order valence-corrected chi connectivity index (χ0v) is 13.1. The number of fused-ring (bicyclic) bond motifs is 1. The highest BCUT2D eigenvalue weighted by Gasteiger charge is 2.22. The molecule has 2 aromatic carbocycles. The minimum atomic E-state index is 0.151. The van der Waals surface area contributed by atoms with E-state index in [1.54, 1.807) is 0 Å². The lowest BCUT2D eigenvalue weighted by Gasteiger charge is -2.27. The second-order valence-electron chi connectivity index (χ2n) is 6.23. The lowest BCUT2D eigenvalue weighted by Crippen LogP contribution is -2.31. The lowest BCUT2D eigenvalue weighted by molar-refractivity contribution is -0.122. The number of benzene rings is 2. The van der Waals surface area contributed by atoms with Crippen LogP contribution in [0, 0.1) is 0 Å². The molecular formula is C20H23NO. The SMILES string of the molecule is C[C@H](CC(=O)N[C@H]1CCCc2ccccc21)c1ccccc1. The minimum absolute atomic E-state index is 0.151. The average molecular weight is 293 g/mol. The number of nitrogens with one attached hydrogen (secondary N) is 1. The molecule has 0 heterocycles. The number of aryl methyl sites for hydroxylation is 1. The van der Waals surface area contributed by atoms with Crippen molar-refractivity contribution in [1.29, 1.82) is 0 Å². The summed E-state index contributed by atoms with van der Waals surface area (Å²) in [5, 5.41) is 3.24. The van der Waals surface area contributed by atoms with Crippen LogP contribution in [0.2, 0.25) is 0 Å². The van der Waals surface area contributed by atoms with Crippen LogP contribution in [0.25, 0.3) is 0 Å². The Morgan fingerprint density at radius 1 is 1.14 bits per heavy atom. The highest BCUT2D eigenvalue weighted by atomic mass is 16.1. The standard InChI is InChI=1S/C20H23NO/c1-15(16-8-3-2-4-9-16)14-20(22)21-19-13-7-11-17-10-5-6-12-18(17)19/h2-6,8-10,12,15,19H,7,11,13-14H2,1H3,(H,21,22)/t15-,19+/m1/s1. The molecule has 0 aliphatic heterocycles. The van der Waals surface area contributed by atoms with E-state index in [-0.39, 0.29) is 17.9 Å². The monoisotopic (exact) mass is 293 g/mol. The Morgan fingerprint density at radius 3 is 2.68 bits per heavy atom. The Labute approximate surface area is 132 Å². The zero-order valence-electron chi connectivity index (χ0n) is 13.1. The van der Waals surface area contributed by atoms with Gasteiger partial charge in [-0.15, -0.1) is 0 Å². The van der Waals surface area contributed by atoms with Crippen molar-refractivity contribution in [3.63, 3.8) is 0 Å². The summed E-state index contributed by atoms with van der Waals surface area (Å²) in [6.45, 7) is 2.11. The lowest BCUT2D eigenvalue weighted by atomic mass is 9.87. The van der Waals surface area contributed by atoms with Crippen LogP contribution >= 0.6 is 0 Å². The summed E-state index contributed by atoms with van der Waals surface area (Å²) in [5.74, 6) is 0.401. The second kappa shape index (κ2) is 6.78. The molecule has 3 rings (SSSR count). The molecule has 0 unspecified atom stereocenters. The van der Waals surface area contributed by atoms with Crippen LogP contribution in [0.5, 0.6) is 0 Å². The predicted octanol–water partition coefficient (Wildman–Crippen LogP) is 4.37. The van der Waals surface area contributed by atoms with Gasteiger partial charge in [0.2, 0.25) is 5.91 Å². The molecule has 2 heteroatoms. The van der Waals surface area contributed by atoms with Gasteiger partial charge in [0, 0.05) is 6.42 Å². The summed E-state index contributed by atoms with van der Waals surface area (Å²) < 4.78 is 0. The molecule has 2 aromatic rings. The van der Waals surface area contributed by atoms with Gasteiger partial charge >= 0.3 is 0 Å². The first-order valence-corrected chi connectivity index (χ1v) is 8.16. The first-order chi connectivity index (χ1) is 10.7. The number of amides is 1. The van der Waals surface area contributed by atoms with Gasteiger partial charge in [0.05, 0.1) is 6.04 Å². The van der Waals surface area contributed by atoms with E-state index in [1.165, 1.54) is 16.7 Å². The minimum Gasteiger partial charge on any atom is -0.349 e. The van der Waals surface area contributed by atoms with Gasteiger partial charge in [0.1, 0.15) is 0 Å². The van der Waals surface area contributed by atoms with Crippen LogP contribution in [-0.2, 0) is 11.2 Å². The topological polar surface area (TPSA) is 29.1 Å². The second-order valence-corrected chi connectivity index (χ2v) is 6.23. The maximum Gasteiger partial charge on any atom is 0.221 e. The van der Waals surface area contributed by atoms with E-state index < -0.39 is 0 Å². The van der Waals surface area contributed by atoms with Gasteiger partial charge in [-0.3, -0.25) is 4.79 Å². The highest BCUT2D eigenvalue weighted by Crippen LogP contribution is 2.30. The third kappa shape index (κ3) is 3.38. The molecule has 114 valence electrons. The summed E-state index contributed by atoms with van der Waals surface area (Å²) >= 11 is 0. The number of carbonyl (C=O) groups excluding carboxylic acids is 1. The fraction of sp³-hybridized carbons (Fsp3) is 0.350. The Kier molecular flexibility index (Phi) is 4.57. The molecule has 1 aliphatic rings. The quantitative estimate of drug-likeness (QED) is 0.891. The first kappa shape index (κ1) is 14.8. The van der Waals surface area contributed by atoms with Crippen LogP contribution in [0.3, 0.4) is 0 Å². The van der Waals surface area contributed by atoms with Gasteiger partial charge in [0.25, 0.3) is 0 Å². The van der Waals surface area contributed by atoms with E-state index >= 15 is 0 Å².